The number of methoxy groups -OCH3 is 3. The van der Waals surface area contributed by atoms with E-state index in [0.29, 0.717) is 5.75 Å². The van der Waals surface area contributed by atoms with Gasteiger partial charge in [-0.05, 0) is 19.4 Å². The highest BCUT2D eigenvalue weighted by Gasteiger charge is 2.13. The molecule has 0 radical (unpaired) electrons. The van der Waals surface area contributed by atoms with Crippen LogP contribution in [-0.2, 0) is 6.42 Å². The topological polar surface area (TPSA) is 53.7 Å². The number of ether oxygens (including phenoxy) is 3. The van der Waals surface area contributed by atoms with Crippen LogP contribution in [0.3, 0.4) is 0 Å². The third-order valence-corrected chi connectivity index (χ3v) is 2.31. The number of hydrogen-bond acceptors (Lipinski definition) is 4. The largest absolute Gasteiger partial charge is 0.497 e. The Morgan fingerprint density at radius 3 is 2.25 bits per heavy atom. The van der Waals surface area contributed by atoms with Gasteiger partial charge in [0.05, 0.1) is 21.3 Å². The molecule has 1 atom stereocenters. The Morgan fingerprint density at radius 2 is 1.81 bits per heavy atom. The van der Waals surface area contributed by atoms with E-state index in [0.717, 1.165) is 23.5 Å². The van der Waals surface area contributed by atoms with Gasteiger partial charge >= 0.3 is 0 Å². The molecule has 0 aliphatic rings. The van der Waals surface area contributed by atoms with Gasteiger partial charge in [-0.15, -0.1) is 0 Å². The predicted octanol–water partition coefficient (Wildman–Crippen LogP) is 1.60. The molecule has 0 saturated heterocycles. The Kier molecular flexibility index (Phi) is 4.43. The molecule has 0 aliphatic carbocycles. The van der Waals surface area contributed by atoms with E-state index in [4.69, 9.17) is 19.9 Å². The molecule has 4 heteroatoms. The lowest BCUT2D eigenvalue weighted by atomic mass is 10.1. The molecule has 0 aromatic heterocycles. The van der Waals surface area contributed by atoms with Gasteiger partial charge in [0.15, 0.2) is 11.5 Å². The molecule has 4 nitrogen and oxygen atoms in total. The van der Waals surface area contributed by atoms with E-state index in [9.17, 15) is 0 Å². The highest BCUT2D eigenvalue weighted by molar-refractivity contribution is 5.52. The molecule has 0 spiro atoms. The first-order chi connectivity index (χ1) is 7.62. The van der Waals surface area contributed by atoms with E-state index in [-0.39, 0.29) is 6.04 Å². The van der Waals surface area contributed by atoms with Crippen molar-refractivity contribution >= 4 is 0 Å². The number of benzene rings is 1. The molecule has 90 valence electrons. The Labute approximate surface area is 96.3 Å². The number of rotatable bonds is 5. The van der Waals surface area contributed by atoms with Gasteiger partial charge in [-0.25, -0.2) is 0 Å². The summed E-state index contributed by atoms with van der Waals surface area (Å²) >= 11 is 0. The van der Waals surface area contributed by atoms with Crippen LogP contribution < -0.4 is 19.9 Å². The summed E-state index contributed by atoms with van der Waals surface area (Å²) in [5.41, 5.74) is 6.79. The molecule has 0 aliphatic heterocycles. The van der Waals surface area contributed by atoms with Crippen LogP contribution in [0.5, 0.6) is 17.2 Å². The molecular weight excluding hydrogens is 206 g/mol. The van der Waals surface area contributed by atoms with E-state index in [1.54, 1.807) is 27.4 Å². The van der Waals surface area contributed by atoms with Crippen molar-refractivity contribution in [2.24, 2.45) is 5.73 Å². The Balaban J connectivity index is 3.19. The van der Waals surface area contributed by atoms with Crippen molar-refractivity contribution in [3.8, 4) is 17.2 Å². The van der Waals surface area contributed by atoms with Crippen LogP contribution in [0, 0.1) is 0 Å². The zero-order valence-corrected chi connectivity index (χ0v) is 10.2. The van der Waals surface area contributed by atoms with E-state index >= 15 is 0 Å². The van der Waals surface area contributed by atoms with Crippen LogP contribution in [0.15, 0.2) is 12.1 Å². The summed E-state index contributed by atoms with van der Waals surface area (Å²) < 4.78 is 15.8. The molecule has 16 heavy (non-hydrogen) atoms. The molecule has 0 bridgehead atoms. The molecule has 1 rings (SSSR count). The predicted molar refractivity (Wildman–Crippen MR) is 63.5 cm³/mol. The first kappa shape index (κ1) is 12.6. The van der Waals surface area contributed by atoms with Crippen molar-refractivity contribution in [2.45, 2.75) is 19.4 Å². The van der Waals surface area contributed by atoms with Crippen LogP contribution in [0.25, 0.3) is 0 Å². The van der Waals surface area contributed by atoms with Gasteiger partial charge in [-0.3, -0.25) is 0 Å². The number of nitrogens with two attached hydrogens (primary N) is 1. The summed E-state index contributed by atoms with van der Waals surface area (Å²) in [4.78, 5) is 0. The van der Waals surface area contributed by atoms with Crippen LogP contribution in [0.1, 0.15) is 12.5 Å². The molecule has 2 N–H and O–H groups in total. The smallest absolute Gasteiger partial charge is 0.164 e. The molecular formula is C12H19NO3. The number of hydrogen-bond donors (Lipinski definition) is 1. The van der Waals surface area contributed by atoms with E-state index in [1.807, 2.05) is 13.0 Å². The zero-order valence-electron chi connectivity index (χ0n) is 10.2. The minimum absolute atomic E-state index is 0.0608. The lowest BCUT2D eigenvalue weighted by molar-refractivity contribution is 0.345. The van der Waals surface area contributed by atoms with Crippen LogP contribution in [0.2, 0.25) is 0 Å². The fourth-order valence-electron chi connectivity index (χ4n) is 1.63. The Hall–Kier alpha value is -1.42. The first-order valence-corrected chi connectivity index (χ1v) is 5.16. The van der Waals surface area contributed by atoms with Gasteiger partial charge < -0.3 is 19.9 Å². The van der Waals surface area contributed by atoms with Crippen molar-refractivity contribution in [3.05, 3.63) is 17.7 Å². The standard InChI is InChI=1S/C12H19NO3/c1-8(13)5-9-6-10(14-2)7-11(15-3)12(9)16-4/h6-8H,5,13H2,1-4H3. The Bertz CT molecular complexity index is 350. The van der Waals surface area contributed by atoms with E-state index < -0.39 is 0 Å². The second kappa shape index (κ2) is 5.61. The summed E-state index contributed by atoms with van der Waals surface area (Å²) in [6.45, 7) is 1.95. The van der Waals surface area contributed by atoms with Crippen LogP contribution >= 0.6 is 0 Å². The Morgan fingerprint density at radius 1 is 1.12 bits per heavy atom. The summed E-state index contributed by atoms with van der Waals surface area (Å²) in [5.74, 6) is 2.13. The molecule has 0 saturated carbocycles. The van der Waals surface area contributed by atoms with Gasteiger partial charge in [0.25, 0.3) is 0 Å². The quantitative estimate of drug-likeness (QED) is 0.827. The van der Waals surface area contributed by atoms with E-state index in [1.165, 1.54) is 0 Å². The zero-order chi connectivity index (χ0) is 12.1. The van der Waals surface area contributed by atoms with Crippen molar-refractivity contribution in [2.75, 3.05) is 21.3 Å². The van der Waals surface area contributed by atoms with Gasteiger partial charge in [0.1, 0.15) is 5.75 Å². The maximum atomic E-state index is 5.79. The average Bonchev–Trinajstić information content (AvgIpc) is 2.27. The highest BCUT2D eigenvalue weighted by Crippen LogP contribution is 2.35. The van der Waals surface area contributed by atoms with Gasteiger partial charge in [0.2, 0.25) is 0 Å². The minimum atomic E-state index is 0.0608. The van der Waals surface area contributed by atoms with Gasteiger partial charge in [0, 0.05) is 17.7 Å². The van der Waals surface area contributed by atoms with E-state index in [2.05, 4.69) is 0 Å². The van der Waals surface area contributed by atoms with Crippen LogP contribution in [-0.4, -0.2) is 27.4 Å². The van der Waals surface area contributed by atoms with Gasteiger partial charge in [-0.2, -0.15) is 0 Å². The van der Waals surface area contributed by atoms with Crippen LogP contribution in [0.4, 0.5) is 0 Å². The monoisotopic (exact) mass is 225 g/mol. The van der Waals surface area contributed by atoms with Gasteiger partial charge in [-0.1, -0.05) is 0 Å². The summed E-state index contributed by atoms with van der Waals surface area (Å²) in [6.07, 6.45) is 0.719. The van der Waals surface area contributed by atoms with Crippen molar-refractivity contribution < 1.29 is 14.2 Å². The molecule has 0 fully saturated rings. The average molecular weight is 225 g/mol. The SMILES string of the molecule is COc1cc(CC(C)N)c(OC)c(OC)c1. The lowest BCUT2D eigenvalue weighted by Crippen LogP contribution is -2.18. The summed E-state index contributed by atoms with van der Waals surface area (Å²) in [5, 5.41) is 0. The summed E-state index contributed by atoms with van der Waals surface area (Å²) in [7, 11) is 4.85. The fourth-order valence-corrected chi connectivity index (χ4v) is 1.63. The normalized spacial score (nSPS) is 12.1. The molecule has 1 unspecified atom stereocenters. The van der Waals surface area contributed by atoms with Crippen molar-refractivity contribution in [3.63, 3.8) is 0 Å². The van der Waals surface area contributed by atoms with Crippen molar-refractivity contribution in [1.82, 2.24) is 0 Å². The third-order valence-electron chi connectivity index (χ3n) is 2.31. The summed E-state index contributed by atoms with van der Waals surface area (Å²) in [6, 6.07) is 3.78. The molecule has 1 aromatic carbocycles. The second-order valence-electron chi connectivity index (χ2n) is 3.70. The molecule has 1 aromatic rings. The fraction of sp³-hybridized carbons (Fsp3) is 0.500. The highest BCUT2D eigenvalue weighted by atomic mass is 16.5. The molecule has 0 heterocycles. The maximum absolute atomic E-state index is 5.79. The lowest BCUT2D eigenvalue weighted by Gasteiger charge is -2.15. The molecule has 0 amide bonds. The first-order valence-electron chi connectivity index (χ1n) is 5.16. The van der Waals surface area contributed by atoms with Crippen molar-refractivity contribution in [1.29, 1.82) is 0 Å². The minimum Gasteiger partial charge on any atom is -0.497 e. The maximum Gasteiger partial charge on any atom is 0.164 e. The third kappa shape index (κ3) is 2.79. The second-order valence-corrected chi connectivity index (χ2v) is 3.70.